The summed E-state index contributed by atoms with van der Waals surface area (Å²) in [5, 5.41) is 13.6. The zero-order chi connectivity index (χ0) is 14.0. The van der Waals surface area contributed by atoms with Crippen LogP contribution in [0.5, 0.6) is 5.75 Å². The minimum absolute atomic E-state index is 0.000649. The molecule has 1 fully saturated rings. The monoisotopic (exact) mass is 261 g/mol. The summed E-state index contributed by atoms with van der Waals surface area (Å²) in [5.41, 5.74) is 3.71. The van der Waals surface area contributed by atoms with Crippen LogP contribution in [0.15, 0.2) is 12.1 Å². The highest BCUT2D eigenvalue weighted by molar-refractivity contribution is 5.45. The van der Waals surface area contributed by atoms with Crippen LogP contribution in [0.4, 0.5) is 0 Å². The molecule has 0 radical (unpaired) electrons. The van der Waals surface area contributed by atoms with E-state index in [-0.39, 0.29) is 5.41 Å². The van der Waals surface area contributed by atoms with Crippen molar-refractivity contribution in [3.05, 3.63) is 28.8 Å². The van der Waals surface area contributed by atoms with E-state index in [2.05, 4.69) is 39.1 Å². The van der Waals surface area contributed by atoms with Gasteiger partial charge in [-0.3, -0.25) is 0 Å². The van der Waals surface area contributed by atoms with E-state index in [1.54, 1.807) is 0 Å². The number of aryl methyl sites for hydroxylation is 1. The highest BCUT2D eigenvalue weighted by Crippen LogP contribution is 2.34. The fourth-order valence-electron chi connectivity index (χ4n) is 2.96. The molecule has 1 aromatic carbocycles. The maximum Gasteiger partial charge on any atom is 0.119 e. The molecule has 0 bridgehead atoms. The molecule has 0 aromatic heterocycles. The van der Waals surface area contributed by atoms with Crippen LogP contribution in [-0.2, 0) is 11.8 Å². The predicted molar refractivity (Wildman–Crippen MR) is 80.8 cm³/mol. The van der Waals surface area contributed by atoms with Crippen molar-refractivity contribution in [1.29, 1.82) is 0 Å². The Hall–Kier alpha value is -1.02. The molecule has 1 heterocycles. The molecular formula is C17H27NO. The summed E-state index contributed by atoms with van der Waals surface area (Å²) in [6.07, 6.45) is 3.69. The lowest BCUT2D eigenvalue weighted by Gasteiger charge is -2.26. The first kappa shape index (κ1) is 14.4. The van der Waals surface area contributed by atoms with E-state index in [1.807, 2.05) is 6.07 Å². The van der Waals surface area contributed by atoms with Crippen LogP contribution < -0.4 is 5.32 Å². The molecule has 0 unspecified atom stereocenters. The average molecular weight is 261 g/mol. The number of phenolic OH excluding ortho intramolecular Hbond substituents is 1. The van der Waals surface area contributed by atoms with Gasteiger partial charge in [0, 0.05) is 0 Å². The number of nitrogens with one attached hydrogen (secondary N) is 1. The third-order valence-electron chi connectivity index (χ3n) is 4.23. The summed E-state index contributed by atoms with van der Waals surface area (Å²) >= 11 is 0. The highest BCUT2D eigenvalue weighted by atomic mass is 16.3. The van der Waals surface area contributed by atoms with Gasteiger partial charge >= 0.3 is 0 Å². The normalized spacial score (nSPS) is 17.7. The molecule has 1 aliphatic heterocycles. The number of hydrogen-bond donors (Lipinski definition) is 2. The second-order valence-electron chi connectivity index (χ2n) is 6.94. The second-order valence-corrected chi connectivity index (χ2v) is 6.94. The Morgan fingerprint density at radius 1 is 1.21 bits per heavy atom. The molecule has 2 rings (SSSR count). The van der Waals surface area contributed by atoms with Crippen molar-refractivity contribution in [3.8, 4) is 5.75 Å². The number of piperidine rings is 1. The van der Waals surface area contributed by atoms with E-state index in [0.717, 1.165) is 31.0 Å². The maximum absolute atomic E-state index is 10.1. The lowest BCUT2D eigenvalue weighted by molar-refractivity contribution is 0.371. The molecule has 0 aliphatic carbocycles. The molecule has 0 spiro atoms. The van der Waals surface area contributed by atoms with Gasteiger partial charge in [0.15, 0.2) is 0 Å². The first-order valence-electron chi connectivity index (χ1n) is 7.41. The van der Waals surface area contributed by atoms with E-state index < -0.39 is 0 Å². The molecule has 1 saturated heterocycles. The van der Waals surface area contributed by atoms with Gasteiger partial charge in [0.2, 0.25) is 0 Å². The van der Waals surface area contributed by atoms with Crippen LogP contribution in [0.2, 0.25) is 0 Å². The molecular weight excluding hydrogens is 234 g/mol. The van der Waals surface area contributed by atoms with Crippen molar-refractivity contribution in [2.24, 2.45) is 5.92 Å². The summed E-state index contributed by atoms with van der Waals surface area (Å²) in [6.45, 7) is 10.9. The number of aromatic hydroxyl groups is 1. The average Bonchev–Trinajstić information content (AvgIpc) is 2.32. The van der Waals surface area contributed by atoms with E-state index >= 15 is 0 Å². The van der Waals surface area contributed by atoms with Gasteiger partial charge in [0.25, 0.3) is 0 Å². The van der Waals surface area contributed by atoms with E-state index in [4.69, 9.17) is 0 Å². The SMILES string of the molecule is Cc1cc(O)c(C(C)(C)C)cc1CC1CCNCC1. The van der Waals surface area contributed by atoms with Crippen LogP contribution in [0.1, 0.15) is 50.3 Å². The summed E-state index contributed by atoms with van der Waals surface area (Å²) in [5.74, 6) is 1.23. The van der Waals surface area contributed by atoms with Crippen LogP contribution >= 0.6 is 0 Å². The first-order valence-corrected chi connectivity index (χ1v) is 7.41. The van der Waals surface area contributed by atoms with Crippen molar-refractivity contribution in [2.75, 3.05) is 13.1 Å². The second kappa shape index (κ2) is 5.54. The van der Waals surface area contributed by atoms with Gasteiger partial charge in [-0.1, -0.05) is 26.8 Å². The van der Waals surface area contributed by atoms with Crippen molar-refractivity contribution < 1.29 is 5.11 Å². The lowest BCUT2D eigenvalue weighted by Crippen LogP contribution is -2.28. The minimum atomic E-state index is 0.000649. The van der Waals surface area contributed by atoms with Crippen molar-refractivity contribution in [2.45, 2.75) is 52.4 Å². The van der Waals surface area contributed by atoms with Gasteiger partial charge in [0.05, 0.1) is 0 Å². The van der Waals surface area contributed by atoms with Crippen LogP contribution in [0, 0.1) is 12.8 Å². The lowest BCUT2D eigenvalue weighted by atomic mass is 9.82. The van der Waals surface area contributed by atoms with E-state index in [1.165, 1.54) is 24.0 Å². The van der Waals surface area contributed by atoms with Gasteiger partial charge in [-0.25, -0.2) is 0 Å². The topological polar surface area (TPSA) is 32.3 Å². The molecule has 2 heteroatoms. The fourth-order valence-corrected chi connectivity index (χ4v) is 2.96. The third-order valence-corrected chi connectivity index (χ3v) is 4.23. The van der Waals surface area contributed by atoms with Crippen LogP contribution in [-0.4, -0.2) is 18.2 Å². The third kappa shape index (κ3) is 3.50. The predicted octanol–water partition coefficient (Wildman–Crippen LogP) is 3.54. The Kier molecular flexibility index (Phi) is 4.19. The van der Waals surface area contributed by atoms with Crippen LogP contribution in [0.25, 0.3) is 0 Å². The molecule has 19 heavy (non-hydrogen) atoms. The summed E-state index contributed by atoms with van der Waals surface area (Å²) < 4.78 is 0. The quantitative estimate of drug-likeness (QED) is 0.853. The van der Waals surface area contributed by atoms with Gasteiger partial charge in [-0.05, 0) is 73.4 Å². The zero-order valence-corrected chi connectivity index (χ0v) is 12.7. The Morgan fingerprint density at radius 2 is 1.84 bits per heavy atom. The number of phenols is 1. The van der Waals surface area contributed by atoms with Gasteiger partial charge in [0.1, 0.15) is 5.75 Å². The molecule has 0 atom stereocenters. The van der Waals surface area contributed by atoms with Crippen LogP contribution in [0.3, 0.4) is 0 Å². The highest BCUT2D eigenvalue weighted by Gasteiger charge is 2.21. The molecule has 2 nitrogen and oxygen atoms in total. The first-order chi connectivity index (χ1) is 8.88. The van der Waals surface area contributed by atoms with Crippen molar-refractivity contribution in [1.82, 2.24) is 5.32 Å². The Labute approximate surface area is 117 Å². The summed E-state index contributed by atoms with van der Waals surface area (Å²) in [4.78, 5) is 0. The largest absolute Gasteiger partial charge is 0.508 e. The number of benzene rings is 1. The summed E-state index contributed by atoms with van der Waals surface area (Å²) in [6, 6.07) is 4.17. The van der Waals surface area contributed by atoms with E-state index in [0.29, 0.717) is 5.75 Å². The number of hydrogen-bond acceptors (Lipinski definition) is 2. The molecule has 1 aliphatic rings. The molecule has 1 aromatic rings. The molecule has 106 valence electrons. The Bertz CT molecular complexity index is 439. The van der Waals surface area contributed by atoms with Crippen molar-refractivity contribution >= 4 is 0 Å². The van der Waals surface area contributed by atoms with Gasteiger partial charge < -0.3 is 10.4 Å². The number of rotatable bonds is 2. The van der Waals surface area contributed by atoms with E-state index in [9.17, 15) is 5.11 Å². The minimum Gasteiger partial charge on any atom is -0.508 e. The van der Waals surface area contributed by atoms with Gasteiger partial charge in [-0.15, -0.1) is 0 Å². The Morgan fingerprint density at radius 3 is 2.42 bits per heavy atom. The summed E-state index contributed by atoms with van der Waals surface area (Å²) in [7, 11) is 0. The van der Waals surface area contributed by atoms with Crippen molar-refractivity contribution in [3.63, 3.8) is 0 Å². The molecule has 0 amide bonds. The van der Waals surface area contributed by atoms with Gasteiger partial charge in [-0.2, -0.15) is 0 Å². The fraction of sp³-hybridized carbons (Fsp3) is 0.647. The smallest absolute Gasteiger partial charge is 0.119 e. The molecule has 2 N–H and O–H groups in total. The standard InChI is InChI=1S/C17H27NO/c1-12-9-16(19)15(17(2,3)4)11-14(12)10-13-5-7-18-8-6-13/h9,11,13,18-19H,5-8,10H2,1-4H3. The zero-order valence-electron chi connectivity index (χ0n) is 12.7. The maximum atomic E-state index is 10.1. The molecule has 0 saturated carbocycles. The Balaban J connectivity index is 2.24.